The number of fused-ring (bicyclic) bond motifs is 1. The highest BCUT2D eigenvalue weighted by Gasteiger charge is 2.46. The Morgan fingerprint density at radius 1 is 0.700 bits per heavy atom. The first-order chi connectivity index (χ1) is 9.44. The summed E-state index contributed by atoms with van der Waals surface area (Å²) >= 11 is 0. The topological polar surface area (TPSA) is 12.4 Å². The zero-order chi connectivity index (χ0) is 14.4. The van der Waals surface area contributed by atoms with Crippen molar-refractivity contribution in [3.63, 3.8) is 0 Å². The summed E-state index contributed by atoms with van der Waals surface area (Å²) in [5.74, 6) is 0. The maximum absolute atomic E-state index is 4.98. The van der Waals surface area contributed by atoms with E-state index in [-0.39, 0.29) is 10.8 Å². The molecule has 102 valence electrons. The quantitative estimate of drug-likeness (QED) is 0.676. The van der Waals surface area contributed by atoms with Gasteiger partial charge in [-0.3, -0.25) is 4.99 Å². The Balaban J connectivity index is 2.28. The van der Waals surface area contributed by atoms with Crippen molar-refractivity contribution < 1.29 is 0 Å². The lowest BCUT2D eigenvalue weighted by atomic mass is 9.59. The fourth-order valence-electron chi connectivity index (χ4n) is 3.01. The first-order valence-electron chi connectivity index (χ1n) is 7.19. The molecule has 0 bridgehead atoms. The minimum Gasteiger partial charge on any atom is -0.252 e. The SMILES string of the molecule is CC1(C)C(c2ccccc2)=Nc2ccccc2C1(C)C. The molecule has 1 aliphatic rings. The van der Waals surface area contributed by atoms with E-state index in [2.05, 4.69) is 82.3 Å². The molecule has 0 saturated heterocycles. The molecule has 0 fully saturated rings. The fourth-order valence-corrected chi connectivity index (χ4v) is 3.01. The van der Waals surface area contributed by atoms with Crippen molar-refractivity contribution >= 4 is 11.4 Å². The van der Waals surface area contributed by atoms with Crippen molar-refractivity contribution in [1.82, 2.24) is 0 Å². The Kier molecular flexibility index (Phi) is 2.82. The number of hydrogen-bond acceptors (Lipinski definition) is 1. The van der Waals surface area contributed by atoms with E-state index in [9.17, 15) is 0 Å². The third kappa shape index (κ3) is 1.73. The van der Waals surface area contributed by atoms with Crippen LogP contribution in [0, 0.1) is 5.41 Å². The van der Waals surface area contributed by atoms with Crippen LogP contribution in [0.5, 0.6) is 0 Å². The second-order valence-corrected chi connectivity index (χ2v) is 6.59. The van der Waals surface area contributed by atoms with Gasteiger partial charge >= 0.3 is 0 Å². The van der Waals surface area contributed by atoms with E-state index < -0.39 is 0 Å². The second-order valence-electron chi connectivity index (χ2n) is 6.59. The van der Waals surface area contributed by atoms with Crippen molar-refractivity contribution in [2.24, 2.45) is 10.4 Å². The highest BCUT2D eigenvalue weighted by molar-refractivity contribution is 6.08. The van der Waals surface area contributed by atoms with Crippen LogP contribution in [0.4, 0.5) is 5.69 Å². The first-order valence-corrected chi connectivity index (χ1v) is 7.19. The monoisotopic (exact) mass is 263 g/mol. The summed E-state index contributed by atoms with van der Waals surface area (Å²) in [5.41, 5.74) is 4.89. The Morgan fingerprint density at radius 2 is 1.30 bits per heavy atom. The summed E-state index contributed by atoms with van der Waals surface area (Å²) in [5, 5.41) is 0. The minimum atomic E-state index is -0.0112. The van der Waals surface area contributed by atoms with Crippen molar-refractivity contribution in [3.05, 3.63) is 65.7 Å². The number of nitrogens with zero attached hydrogens (tertiary/aromatic N) is 1. The van der Waals surface area contributed by atoms with Crippen LogP contribution in [0.2, 0.25) is 0 Å². The molecule has 0 N–H and O–H groups in total. The molecular weight excluding hydrogens is 242 g/mol. The van der Waals surface area contributed by atoms with Gasteiger partial charge in [0.25, 0.3) is 0 Å². The van der Waals surface area contributed by atoms with Gasteiger partial charge in [0.05, 0.1) is 11.4 Å². The molecule has 1 heteroatoms. The minimum absolute atomic E-state index is 0.0112. The molecule has 0 amide bonds. The third-order valence-corrected chi connectivity index (χ3v) is 5.01. The maximum atomic E-state index is 4.98. The highest BCUT2D eigenvalue weighted by atomic mass is 14.8. The zero-order valence-electron chi connectivity index (χ0n) is 12.6. The lowest BCUT2D eigenvalue weighted by molar-refractivity contribution is 0.291. The number of benzene rings is 2. The van der Waals surface area contributed by atoms with Crippen LogP contribution in [0.15, 0.2) is 59.6 Å². The van der Waals surface area contributed by atoms with Gasteiger partial charge in [0.1, 0.15) is 0 Å². The van der Waals surface area contributed by atoms with Crippen LogP contribution in [-0.4, -0.2) is 5.71 Å². The molecule has 0 aromatic heterocycles. The molecular formula is C19H21N. The van der Waals surface area contributed by atoms with E-state index in [1.165, 1.54) is 16.8 Å². The lowest BCUT2D eigenvalue weighted by Crippen LogP contribution is -2.45. The molecule has 0 aliphatic carbocycles. The Hall–Kier alpha value is -1.89. The van der Waals surface area contributed by atoms with Crippen molar-refractivity contribution in [2.45, 2.75) is 33.1 Å². The molecule has 2 aromatic carbocycles. The molecule has 0 unspecified atom stereocenters. The Labute approximate surface area is 121 Å². The molecule has 2 aromatic rings. The van der Waals surface area contributed by atoms with Crippen LogP contribution in [0.3, 0.4) is 0 Å². The van der Waals surface area contributed by atoms with E-state index in [0.717, 1.165) is 5.69 Å². The normalized spacial score (nSPS) is 19.1. The number of rotatable bonds is 1. The average Bonchev–Trinajstić information content (AvgIpc) is 2.44. The van der Waals surface area contributed by atoms with Gasteiger partial charge in [-0.25, -0.2) is 0 Å². The molecule has 1 nitrogen and oxygen atoms in total. The molecule has 3 rings (SSSR count). The molecule has 0 saturated carbocycles. The third-order valence-electron chi connectivity index (χ3n) is 5.01. The standard InChI is InChI=1S/C19H21N/c1-18(2)15-12-8-9-13-16(15)20-17(19(18,3)4)14-10-6-5-7-11-14/h5-13H,1-4H3. The van der Waals surface area contributed by atoms with Gasteiger partial charge in [0.15, 0.2) is 0 Å². The smallest absolute Gasteiger partial charge is 0.0671 e. The summed E-state index contributed by atoms with van der Waals surface area (Å²) in [7, 11) is 0. The van der Waals surface area contributed by atoms with Gasteiger partial charge in [0.2, 0.25) is 0 Å². The number of para-hydroxylation sites is 1. The largest absolute Gasteiger partial charge is 0.252 e. The number of hydrogen-bond donors (Lipinski definition) is 0. The van der Waals surface area contributed by atoms with Crippen LogP contribution < -0.4 is 0 Å². The highest BCUT2D eigenvalue weighted by Crippen LogP contribution is 2.50. The maximum Gasteiger partial charge on any atom is 0.0671 e. The van der Waals surface area contributed by atoms with Gasteiger partial charge in [-0.1, -0.05) is 76.2 Å². The van der Waals surface area contributed by atoms with Crippen LogP contribution in [-0.2, 0) is 5.41 Å². The predicted molar refractivity (Wildman–Crippen MR) is 85.9 cm³/mol. The van der Waals surface area contributed by atoms with Crippen LogP contribution >= 0.6 is 0 Å². The summed E-state index contributed by atoms with van der Waals surface area (Å²) in [6.07, 6.45) is 0. The molecule has 0 atom stereocenters. The van der Waals surface area contributed by atoms with Crippen LogP contribution in [0.1, 0.15) is 38.8 Å². The zero-order valence-corrected chi connectivity index (χ0v) is 12.6. The summed E-state index contributed by atoms with van der Waals surface area (Å²) in [4.78, 5) is 4.98. The molecule has 1 aliphatic heterocycles. The van der Waals surface area contributed by atoms with E-state index in [0.29, 0.717) is 0 Å². The Bertz CT molecular complexity index is 663. The van der Waals surface area contributed by atoms with Gasteiger partial charge in [-0.2, -0.15) is 0 Å². The summed E-state index contributed by atoms with van der Waals surface area (Å²) in [6.45, 7) is 9.25. The van der Waals surface area contributed by atoms with E-state index >= 15 is 0 Å². The molecule has 0 radical (unpaired) electrons. The number of aliphatic imine (C=N–C) groups is 1. The van der Waals surface area contributed by atoms with Crippen molar-refractivity contribution in [2.75, 3.05) is 0 Å². The van der Waals surface area contributed by atoms with Crippen molar-refractivity contribution in [1.29, 1.82) is 0 Å². The van der Waals surface area contributed by atoms with E-state index in [1.54, 1.807) is 0 Å². The summed E-state index contributed by atoms with van der Waals surface area (Å²) in [6, 6.07) is 19.0. The van der Waals surface area contributed by atoms with Gasteiger partial charge in [0, 0.05) is 10.8 Å². The van der Waals surface area contributed by atoms with Crippen LogP contribution in [0.25, 0.3) is 0 Å². The van der Waals surface area contributed by atoms with E-state index in [4.69, 9.17) is 4.99 Å². The van der Waals surface area contributed by atoms with Crippen molar-refractivity contribution in [3.8, 4) is 0 Å². The lowest BCUT2D eigenvalue weighted by Gasteiger charge is -2.46. The summed E-state index contributed by atoms with van der Waals surface area (Å²) < 4.78 is 0. The first kappa shape index (κ1) is 13.1. The fraction of sp³-hybridized carbons (Fsp3) is 0.316. The molecule has 0 spiro atoms. The van der Waals surface area contributed by atoms with E-state index in [1.807, 2.05) is 0 Å². The predicted octanol–water partition coefficient (Wildman–Crippen LogP) is 5.12. The Morgan fingerprint density at radius 3 is 2.00 bits per heavy atom. The molecule has 20 heavy (non-hydrogen) atoms. The second kappa shape index (κ2) is 4.31. The molecule has 1 heterocycles. The van der Waals surface area contributed by atoms with Gasteiger partial charge < -0.3 is 0 Å². The van der Waals surface area contributed by atoms with Gasteiger partial charge in [-0.15, -0.1) is 0 Å². The van der Waals surface area contributed by atoms with Gasteiger partial charge in [-0.05, 0) is 17.2 Å². The average molecular weight is 263 g/mol.